The van der Waals surface area contributed by atoms with E-state index in [9.17, 15) is 28.8 Å². The Hall–Kier alpha value is -3.96. The van der Waals surface area contributed by atoms with Gasteiger partial charge in [0.2, 0.25) is 23.6 Å². The molecule has 0 aromatic heterocycles. The number of benzene rings is 1. The first-order chi connectivity index (χ1) is 22.5. The highest BCUT2D eigenvalue weighted by atomic mass is 16.6. The molecule has 0 aliphatic carbocycles. The molecule has 266 valence electrons. The van der Waals surface area contributed by atoms with Crippen LogP contribution in [0.5, 0.6) is 0 Å². The lowest BCUT2D eigenvalue weighted by Gasteiger charge is -2.39. The highest BCUT2D eigenvalue weighted by Crippen LogP contribution is 2.28. The van der Waals surface area contributed by atoms with Crippen LogP contribution in [0.2, 0.25) is 0 Å². The van der Waals surface area contributed by atoms with Gasteiger partial charge in [0.25, 0.3) is 5.91 Å². The predicted molar refractivity (Wildman–Crippen MR) is 181 cm³/mol. The summed E-state index contributed by atoms with van der Waals surface area (Å²) in [5.74, 6) is -3.85. The lowest BCUT2D eigenvalue weighted by Crippen LogP contribution is -2.60. The van der Waals surface area contributed by atoms with Crippen molar-refractivity contribution < 1.29 is 33.5 Å². The molecule has 12 heteroatoms. The number of fused-ring (bicyclic) bond motifs is 1. The van der Waals surface area contributed by atoms with Gasteiger partial charge in [-0.05, 0) is 42.1 Å². The van der Waals surface area contributed by atoms with E-state index >= 15 is 0 Å². The Labute approximate surface area is 285 Å². The van der Waals surface area contributed by atoms with Gasteiger partial charge in [0.15, 0.2) is 6.10 Å². The maximum Gasteiger partial charge on any atom is 0.329 e. The second-order valence-electron chi connectivity index (χ2n) is 14.4. The van der Waals surface area contributed by atoms with Crippen LogP contribution in [0.25, 0.3) is 0 Å². The van der Waals surface area contributed by atoms with Crippen molar-refractivity contribution in [3.05, 3.63) is 35.9 Å². The number of cyclic esters (lactones) is 1. The van der Waals surface area contributed by atoms with Crippen LogP contribution in [0.1, 0.15) is 73.3 Å². The first-order valence-electron chi connectivity index (χ1n) is 17.2. The quantitative estimate of drug-likeness (QED) is 0.443. The summed E-state index contributed by atoms with van der Waals surface area (Å²) < 4.78 is 5.91. The number of esters is 1. The number of likely N-dealkylation sites (N-methyl/N-ethyl adjacent to an activating group) is 2. The van der Waals surface area contributed by atoms with Gasteiger partial charge in [0.1, 0.15) is 24.2 Å². The van der Waals surface area contributed by atoms with Gasteiger partial charge in [-0.2, -0.15) is 0 Å². The molecule has 6 atom stereocenters. The van der Waals surface area contributed by atoms with E-state index in [1.54, 1.807) is 0 Å². The van der Waals surface area contributed by atoms with E-state index in [0.717, 1.165) is 5.56 Å². The topological polar surface area (TPSA) is 145 Å². The van der Waals surface area contributed by atoms with Gasteiger partial charge < -0.3 is 30.1 Å². The molecule has 2 N–H and O–H groups in total. The standard InChI is InChI=1S/C36H55N5O7/c1-21(2)19-27-34(45)40(9)30(23(5)6)35(46)39(8)29(22(3)4)33(44)38-26(20-25-13-11-10-12-14-25)32(43)37-17-15-28(42)41-18-16-24(7)31(41)36(47)48-27/h10-14,21-24,26-27,29-31H,15-20H2,1-9H3,(H,37,43)(H,38,44)/t24-,26-,27-,29-,30-,31-/m1/s1. The molecule has 2 fully saturated rings. The van der Waals surface area contributed by atoms with Crippen LogP contribution in [0.4, 0.5) is 0 Å². The average molecular weight is 670 g/mol. The molecule has 12 nitrogen and oxygen atoms in total. The fraction of sp³-hybridized carbons (Fsp3) is 0.667. The molecule has 0 unspecified atom stereocenters. The summed E-state index contributed by atoms with van der Waals surface area (Å²) in [6, 6.07) is 5.44. The Morgan fingerprint density at radius 3 is 2.02 bits per heavy atom. The second kappa shape index (κ2) is 16.9. The summed E-state index contributed by atoms with van der Waals surface area (Å²) in [6.07, 6.45) is -0.234. The third-order valence-corrected chi connectivity index (χ3v) is 9.35. The van der Waals surface area contributed by atoms with E-state index in [2.05, 4.69) is 10.6 Å². The molecule has 1 aromatic carbocycles. The number of carbonyl (C=O) groups excluding carboxylic acids is 6. The molecule has 2 aliphatic heterocycles. The average Bonchev–Trinajstić information content (AvgIpc) is 3.40. The summed E-state index contributed by atoms with van der Waals surface area (Å²) in [6.45, 7) is 13.3. The molecule has 0 bridgehead atoms. The van der Waals surface area contributed by atoms with Crippen LogP contribution in [0, 0.1) is 23.7 Å². The van der Waals surface area contributed by atoms with E-state index in [0.29, 0.717) is 13.0 Å². The number of hydrogen-bond acceptors (Lipinski definition) is 7. The zero-order valence-electron chi connectivity index (χ0n) is 30.0. The summed E-state index contributed by atoms with van der Waals surface area (Å²) in [5, 5.41) is 5.68. The van der Waals surface area contributed by atoms with Crippen LogP contribution in [0.15, 0.2) is 30.3 Å². The molecule has 2 heterocycles. The molecule has 1 aromatic rings. The maximum absolute atomic E-state index is 14.2. The highest BCUT2D eigenvalue weighted by Gasteiger charge is 2.44. The minimum absolute atomic E-state index is 0.00715. The lowest BCUT2D eigenvalue weighted by molar-refractivity contribution is -0.169. The second-order valence-corrected chi connectivity index (χ2v) is 14.4. The zero-order chi connectivity index (χ0) is 35.9. The maximum atomic E-state index is 14.2. The van der Waals surface area contributed by atoms with Gasteiger partial charge in [-0.1, -0.05) is 78.8 Å². The van der Waals surface area contributed by atoms with E-state index in [4.69, 9.17) is 4.74 Å². The minimum Gasteiger partial charge on any atom is -0.451 e. The molecular formula is C36H55N5O7. The third kappa shape index (κ3) is 9.35. The first kappa shape index (κ1) is 38.5. The van der Waals surface area contributed by atoms with Gasteiger partial charge in [0.05, 0.1) is 0 Å². The minimum atomic E-state index is -1.17. The summed E-state index contributed by atoms with van der Waals surface area (Å²) >= 11 is 0. The fourth-order valence-corrected chi connectivity index (χ4v) is 6.83. The molecule has 5 amide bonds. The van der Waals surface area contributed by atoms with Gasteiger partial charge in [-0.3, -0.25) is 24.0 Å². The summed E-state index contributed by atoms with van der Waals surface area (Å²) in [7, 11) is 3.05. The Morgan fingerprint density at radius 1 is 0.833 bits per heavy atom. The highest BCUT2D eigenvalue weighted by molar-refractivity contribution is 5.95. The molecule has 2 saturated heterocycles. The number of ether oxygens (including phenoxy) is 1. The van der Waals surface area contributed by atoms with Crippen LogP contribution in [0.3, 0.4) is 0 Å². The Morgan fingerprint density at radius 2 is 1.44 bits per heavy atom. The van der Waals surface area contributed by atoms with Crippen molar-refractivity contribution >= 4 is 35.5 Å². The fourth-order valence-electron chi connectivity index (χ4n) is 6.83. The molecular weight excluding hydrogens is 614 g/mol. The monoisotopic (exact) mass is 669 g/mol. The lowest BCUT2D eigenvalue weighted by atomic mass is 9.95. The van der Waals surface area contributed by atoms with Crippen molar-refractivity contribution in [2.24, 2.45) is 23.7 Å². The normalized spacial score (nSPS) is 27.5. The van der Waals surface area contributed by atoms with Crippen LogP contribution in [-0.4, -0.2) is 108 Å². The zero-order valence-corrected chi connectivity index (χ0v) is 30.0. The van der Waals surface area contributed by atoms with Gasteiger partial charge in [0, 0.05) is 40.0 Å². The Bertz CT molecular complexity index is 1320. The van der Waals surface area contributed by atoms with Crippen LogP contribution < -0.4 is 10.6 Å². The number of amides is 5. The third-order valence-electron chi connectivity index (χ3n) is 9.35. The van der Waals surface area contributed by atoms with E-state index < -0.39 is 59.9 Å². The molecule has 0 spiro atoms. The van der Waals surface area contributed by atoms with Crippen molar-refractivity contribution in [2.45, 2.75) is 104 Å². The van der Waals surface area contributed by atoms with Gasteiger partial charge >= 0.3 is 5.97 Å². The largest absolute Gasteiger partial charge is 0.451 e. The summed E-state index contributed by atoms with van der Waals surface area (Å²) in [5.41, 5.74) is 0.821. The van der Waals surface area contributed by atoms with Crippen molar-refractivity contribution in [1.29, 1.82) is 0 Å². The number of hydrogen-bond donors (Lipinski definition) is 2. The summed E-state index contributed by atoms with van der Waals surface area (Å²) in [4.78, 5) is 87.1. The van der Waals surface area contributed by atoms with Crippen molar-refractivity contribution in [1.82, 2.24) is 25.3 Å². The predicted octanol–water partition coefficient (Wildman–Crippen LogP) is 2.39. The number of nitrogens with one attached hydrogen (secondary N) is 2. The number of nitrogens with zero attached hydrogens (tertiary/aromatic N) is 3. The van der Waals surface area contributed by atoms with Gasteiger partial charge in [-0.25, -0.2) is 4.79 Å². The van der Waals surface area contributed by atoms with Crippen molar-refractivity contribution in [3.63, 3.8) is 0 Å². The van der Waals surface area contributed by atoms with Crippen LogP contribution in [-0.2, 0) is 39.9 Å². The van der Waals surface area contributed by atoms with E-state index in [1.807, 2.05) is 78.8 Å². The number of carbonyl (C=O) groups is 6. The SMILES string of the molecule is CC(C)C[C@H]1OC(=O)[C@H]2[C@H](C)CCN2C(=O)CCNC(=O)[C@@H](Cc2ccccc2)NC(=O)[C@@H](C(C)C)N(C)C(=O)[C@@H](C(C)C)N(C)C1=O. The van der Waals surface area contributed by atoms with Crippen molar-refractivity contribution in [2.75, 3.05) is 27.2 Å². The molecule has 48 heavy (non-hydrogen) atoms. The molecule has 3 rings (SSSR count). The Kier molecular flexibility index (Phi) is 13.6. The van der Waals surface area contributed by atoms with Crippen LogP contribution >= 0.6 is 0 Å². The van der Waals surface area contributed by atoms with Crippen molar-refractivity contribution in [3.8, 4) is 0 Å². The molecule has 2 aliphatic rings. The van der Waals surface area contributed by atoms with E-state index in [-0.39, 0.29) is 55.4 Å². The molecule has 0 saturated carbocycles. The number of rotatable bonds is 6. The first-order valence-corrected chi connectivity index (χ1v) is 17.2. The smallest absolute Gasteiger partial charge is 0.329 e. The van der Waals surface area contributed by atoms with E-state index in [1.165, 1.54) is 28.8 Å². The molecule has 0 radical (unpaired) electrons. The van der Waals surface area contributed by atoms with Gasteiger partial charge in [-0.15, -0.1) is 0 Å². The Balaban J connectivity index is 2.07.